The number of hydrogen-bond acceptors (Lipinski definition) is 6. The third kappa shape index (κ3) is 3.08. The van der Waals surface area contributed by atoms with Gasteiger partial charge in [0.15, 0.2) is 10.9 Å². The van der Waals surface area contributed by atoms with Crippen LogP contribution in [-0.2, 0) is 7.05 Å². The quantitative estimate of drug-likeness (QED) is 0.455. The first-order valence-corrected chi connectivity index (χ1v) is 9.29. The number of rotatable bonds is 4. The molecular weight excluding hydrogens is 418 g/mol. The summed E-state index contributed by atoms with van der Waals surface area (Å²) in [7, 11) is 1.84. The molecule has 10 heteroatoms. The van der Waals surface area contributed by atoms with Gasteiger partial charge in [0.25, 0.3) is 5.91 Å². The number of nitrogens with one attached hydrogen (secondary N) is 3. The number of nitrogens with zero attached hydrogens (tertiary/aromatic N) is 4. The molecule has 4 aromatic rings. The Hall–Kier alpha value is -2.72. The summed E-state index contributed by atoms with van der Waals surface area (Å²) in [6.45, 7) is 1.92. The molecule has 1 aromatic carbocycles. The van der Waals surface area contributed by atoms with Crippen molar-refractivity contribution in [2.75, 3.05) is 10.6 Å². The van der Waals surface area contributed by atoms with Crippen molar-refractivity contribution in [1.82, 2.24) is 25.0 Å². The van der Waals surface area contributed by atoms with Crippen LogP contribution in [0.4, 0.5) is 16.6 Å². The molecular formula is C16H14BrN7OS. The summed E-state index contributed by atoms with van der Waals surface area (Å²) < 4.78 is 2.48. The third-order valence-corrected chi connectivity index (χ3v) is 5.34. The third-order valence-electron chi connectivity index (χ3n) is 3.77. The van der Waals surface area contributed by atoms with Gasteiger partial charge in [0, 0.05) is 34.9 Å². The molecule has 0 aliphatic carbocycles. The molecule has 8 nitrogen and oxygen atoms in total. The number of thiazole rings is 1. The summed E-state index contributed by atoms with van der Waals surface area (Å²) >= 11 is 4.76. The van der Waals surface area contributed by atoms with Gasteiger partial charge in [0.1, 0.15) is 4.88 Å². The highest BCUT2D eigenvalue weighted by Crippen LogP contribution is 2.33. The van der Waals surface area contributed by atoms with Gasteiger partial charge in [-0.25, -0.2) is 4.98 Å². The Morgan fingerprint density at radius 2 is 2.19 bits per heavy atom. The fourth-order valence-corrected chi connectivity index (χ4v) is 3.71. The van der Waals surface area contributed by atoms with Crippen LogP contribution < -0.4 is 10.6 Å². The van der Waals surface area contributed by atoms with Gasteiger partial charge in [0.2, 0.25) is 0 Å². The minimum absolute atomic E-state index is 0.231. The molecule has 0 saturated heterocycles. The van der Waals surface area contributed by atoms with Gasteiger partial charge in [0.05, 0.1) is 17.4 Å². The number of hydrogen-bond donors (Lipinski definition) is 3. The summed E-state index contributed by atoms with van der Waals surface area (Å²) in [6.07, 6.45) is 3.37. The lowest BCUT2D eigenvalue weighted by atomic mass is 10.2. The monoisotopic (exact) mass is 431 g/mol. The zero-order chi connectivity index (χ0) is 18.3. The van der Waals surface area contributed by atoms with Gasteiger partial charge in [-0.05, 0) is 35.0 Å². The first-order chi connectivity index (χ1) is 12.5. The van der Waals surface area contributed by atoms with E-state index in [4.69, 9.17) is 0 Å². The number of H-pyrrole nitrogens is 1. The zero-order valence-corrected chi connectivity index (χ0v) is 16.3. The van der Waals surface area contributed by atoms with Crippen LogP contribution in [-0.4, -0.2) is 30.9 Å². The SMILES string of the molecule is Cc1[nH]nc2ccc(Br)c(NC(=O)c3cnc(Nc4ccn(C)n4)s3)c12. The highest BCUT2D eigenvalue weighted by Gasteiger charge is 2.17. The van der Waals surface area contributed by atoms with E-state index in [1.807, 2.05) is 38.4 Å². The summed E-state index contributed by atoms with van der Waals surface area (Å²) in [5.74, 6) is 0.445. The van der Waals surface area contributed by atoms with E-state index in [1.165, 1.54) is 11.3 Å². The van der Waals surface area contributed by atoms with Crippen molar-refractivity contribution in [3.05, 3.63) is 45.6 Å². The Kier molecular flexibility index (Phi) is 4.21. The fraction of sp³-hybridized carbons (Fsp3) is 0.125. The highest BCUT2D eigenvalue weighted by atomic mass is 79.9. The first kappa shape index (κ1) is 16.7. The average Bonchev–Trinajstić information content (AvgIpc) is 3.32. The van der Waals surface area contributed by atoms with Gasteiger partial charge in [-0.1, -0.05) is 11.3 Å². The van der Waals surface area contributed by atoms with Crippen LogP contribution in [0.2, 0.25) is 0 Å². The van der Waals surface area contributed by atoms with Gasteiger partial charge in [-0.2, -0.15) is 10.2 Å². The molecule has 0 aliphatic heterocycles. The summed E-state index contributed by atoms with van der Waals surface area (Å²) in [4.78, 5) is 17.4. The van der Waals surface area contributed by atoms with Gasteiger partial charge in [-0.3, -0.25) is 14.6 Å². The Morgan fingerprint density at radius 3 is 2.96 bits per heavy atom. The molecule has 0 radical (unpaired) electrons. The Bertz CT molecular complexity index is 1110. The van der Waals surface area contributed by atoms with Crippen LogP contribution in [0.5, 0.6) is 0 Å². The zero-order valence-electron chi connectivity index (χ0n) is 13.9. The average molecular weight is 432 g/mol. The molecule has 0 atom stereocenters. The molecule has 1 amide bonds. The molecule has 3 heterocycles. The molecule has 3 aromatic heterocycles. The van der Waals surface area contributed by atoms with Crippen molar-refractivity contribution in [1.29, 1.82) is 0 Å². The van der Waals surface area contributed by atoms with Crippen LogP contribution in [0.3, 0.4) is 0 Å². The number of aryl methyl sites for hydroxylation is 2. The minimum atomic E-state index is -0.231. The maximum Gasteiger partial charge on any atom is 0.267 e. The maximum absolute atomic E-state index is 12.7. The number of benzene rings is 1. The summed E-state index contributed by atoms with van der Waals surface area (Å²) in [5.41, 5.74) is 2.37. The van der Waals surface area contributed by atoms with E-state index in [2.05, 4.69) is 46.8 Å². The lowest BCUT2D eigenvalue weighted by Gasteiger charge is -2.08. The molecule has 4 rings (SSSR count). The van der Waals surface area contributed by atoms with Crippen LogP contribution in [0.1, 0.15) is 15.4 Å². The normalized spacial score (nSPS) is 11.0. The molecule has 132 valence electrons. The van der Waals surface area contributed by atoms with E-state index in [0.29, 0.717) is 21.5 Å². The van der Waals surface area contributed by atoms with Crippen molar-refractivity contribution in [2.45, 2.75) is 6.92 Å². The molecule has 26 heavy (non-hydrogen) atoms. The maximum atomic E-state index is 12.7. The number of halogens is 1. The van der Waals surface area contributed by atoms with E-state index >= 15 is 0 Å². The molecule has 0 aliphatic rings. The van der Waals surface area contributed by atoms with Crippen LogP contribution in [0.15, 0.2) is 35.1 Å². The van der Waals surface area contributed by atoms with E-state index in [9.17, 15) is 4.79 Å². The molecule has 0 bridgehead atoms. The number of carbonyl (C=O) groups excluding carboxylic acids is 1. The Balaban J connectivity index is 1.58. The Labute approximate surface area is 160 Å². The second kappa shape index (κ2) is 6.54. The van der Waals surface area contributed by atoms with Crippen molar-refractivity contribution >= 4 is 60.7 Å². The van der Waals surface area contributed by atoms with Crippen LogP contribution in [0.25, 0.3) is 10.9 Å². The van der Waals surface area contributed by atoms with Crippen LogP contribution in [0, 0.1) is 6.92 Å². The number of amides is 1. The van der Waals surface area contributed by atoms with Crippen LogP contribution >= 0.6 is 27.3 Å². The number of aromatic nitrogens is 5. The molecule has 3 N–H and O–H groups in total. The standard InChI is InChI=1S/C16H14BrN7OS/c1-8-13-10(22-21-8)4-3-9(17)14(13)20-15(25)11-7-18-16(26-11)19-12-5-6-24(2)23-12/h3-7H,1-2H3,(H,20,25)(H,21,22)(H,18,19,23). The molecule has 0 fully saturated rings. The minimum Gasteiger partial charge on any atom is -0.320 e. The molecule has 0 saturated carbocycles. The molecule has 0 unspecified atom stereocenters. The second-order valence-electron chi connectivity index (χ2n) is 5.65. The number of anilines is 3. The number of carbonyl (C=O) groups is 1. The highest BCUT2D eigenvalue weighted by molar-refractivity contribution is 9.10. The summed E-state index contributed by atoms with van der Waals surface area (Å²) in [6, 6.07) is 5.58. The lowest BCUT2D eigenvalue weighted by molar-refractivity contribution is 0.103. The van der Waals surface area contributed by atoms with E-state index in [0.717, 1.165) is 21.1 Å². The number of fused-ring (bicyclic) bond motifs is 1. The van der Waals surface area contributed by atoms with Crippen molar-refractivity contribution in [3.63, 3.8) is 0 Å². The topological polar surface area (TPSA) is 101 Å². The van der Waals surface area contributed by atoms with Crippen molar-refractivity contribution < 1.29 is 4.79 Å². The van der Waals surface area contributed by atoms with Crippen molar-refractivity contribution in [3.8, 4) is 0 Å². The summed E-state index contributed by atoms with van der Waals surface area (Å²) in [5, 5.41) is 18.9. The lowest BCUT2D eigenvalue weighted by Crippen LogP contribution is -2.11. The van der Waals surface area contributed by atoms with Gasteiger partial charge >= 0.3 is 0 Å². The van der Waals surface area contributed by atoms with Gasteiger partial charge in [-0.15, -0.1) is 0 Å². The van der Waals surface area contributed by atoms with Crippen molar-refractivity contribution in [2.24, 2.45) is 7.05 Å². The smallest absolute Gasteiger partial charge is 0.267 e. The largest absolute Gasteiger partial charge is 0.320 e. The predicted molar refractivity (Wildman–Crippen MR) is 105 cm³/mol. The van der Waals surface area contributed by atoms with E-state index < -0.39 is 0 Å². The number of aromatic amines is 1. The first-order valence-electron chi connectivity index (χ1n) is 7.68. The Morgan fingerprint density at radius 1 is 1.35 bits per heavy atom. The van der Waals surface area contributed by atoms with Gasteiger partial charge < -0.3 is 10.6 Å². The van der Waals surface area contributed by atoms with E-state index in [1.54, 1.807) is 10.9 Å². The fourth-order valence-electron chi connectivity index (χ4n) is 2.56. The second-order valence-corrected chi connectivity index (χ2v) is 7.53. The van der Waals surface area contributed by atoms with E-state index in [-0.39, 0.29) is 5.91 Å². The predicted octanol–water partition coefficient (Wildman–Crippen LogP) is 3.82. The molecule has 0 spiro atoms.